The van der Waals surface area contributed by atoms with E-state index in [1.165, 1.54) is 173 Å². The van der Waals surface area contributed by atoms with Crippen LogP contribution in [0.25, 0.3) is 0 Å². The fourth-order valence-corrected chi connectivity index (χ4v) is 7.77. The molecule has 0 radical (unpaired) electrons. The summed E-state index contributed by atoms with van der Waals surface area (Å²) in [6.07, 6.45) is 50.6. The highest BCUT2D eigenvalue weighted by atomic mass is 16.6. The number of carbonyl (C=O) groups excluding carboxylic acids is 3. The molecule has 61 heavy (non-hydrogen) atoms. The third-order valence-corrected chi connectivity index (χ3v) is 11.8. The van der Waals surface area contributed by atoms with Crippen LogP contribution in [0.3, 0.4) is 0 Å². The molecule has 0 aliphatic heterocycles. The van der Waals surface area contributed by atoms with Gasteiger partial charge in [0.15, 0.2) is 6.10 Å². The fourth-order valence-electron chi connectivity index (χ4n) is 7.77. The maximum atomic E-state index is 12.8. The summed E-state index contributed by atoms with van der Waals surface area (Å²) < 4.78 is 17.2. The number of likely N-dealkylation sites (N-methyl/N-ethyl adjacent to an activating group) is 1. The number of unbranched alkanes of at least 4 members (excludes halogenated alkanes) is 29. The summed E-state index contributed by atoms with van der Waals surface area (Å²) in [5.74, 6) is -1.73. The van der Waals surface area contributed by atoms with Crippen LogP contribution in [-0.4, -0.2) is 75.5 Å². The molecular weight excluding hydrogens is 763 g/mol. The topological polar surface area (TPSA) is 102 Å². The number of carbonyl (C=O) groups is 3. The second-order valence-electron chi connectivity index (χ2n) is 18.8. The number of esters is 2. The number of aliphatic carboxylic acids is 1. The van der Waals surface area contributed by atoms with Crippen molar-refractivity contribution < 1.29 is 38.2 Å². The number of quaternary nitrogens is 1. The molecule has 0 aromatic rings. The number of hydrogen-bond donors (Lipinski definition) is 0. The zero-order valence-corrected chi connectivity index (χ0v) is 40.8. The first-order chi connectivity index (χ1) is 29.6. The van der Waals surface area contributed by atoms with Gasteiger partial charge in [-0.2, -0.15) is 0 Å². The van der Waals surface area contributed by atoms with Gasteiger partial charge in [-0.1, -0.05) is 186 Å². The lowest BCUT2D eigenvalue weighted by Gasteiger charge is -2.34. The molecule has 0 heterocycles. The lowest BCUT2D eigenvalue weighted by Crippen LogP contribution is -2.55. The van der Waals surface area contributed by atoms with Crippen molar-refractivity contribution >= 4 is 17.9 Å². The molecule has 0 aliphatic rings. The molecule has 8 heteroatoms. The lowest BCUT2D eigenvalue weighted by atomic mass is 10.1. The molecular formula is C53H99NO7. The summed E-state index contributed by atoms with van der Waals surface area (Å²) in [7, 11) is 5.42. The SMILES string of the molecule is CCCCCCCC/C=C/CCCCCCCCCC(=O)OC(COCCC(C(=O)[O-])[N+](C)(C)C)COC(=O)CCCCCCCCC/C=C/CCCCCCCCCCC. The van der Waals surface area contributed by atoms with Crippen LogP contribution in [0.1, 0.15) is 245 Å². The van der Waals surface area contributed by atoms with Gasteiger partial charge in [-0.15, -0.1) is 0 Å². The highest BCUT2D eigenvalue weighted by molar-refractivity contribution is 5.70. The van der Waals surface area contributed by atoms with Gasteiger partial charge in [0.2, 0.25) is 0 Å². The number of carboxylic acid groups (broad SMARTS) is 1. The van der Waals surface area contributed by atoms with Crippen molar-refractivity contribution in [2.45, 2.75) is 257 Å². The first-order valence-electron chi connectivity index (χ1n) is 25.9. The number of rotatable bonds is 47. The standard InChI is InChI=1S/C53H99NO7/c1-6-8-10-12-14-16-18-20-22-24-25-26-28-29-31-33-35-37-39-41-43-51(55)60-48-49(47-59-46-45-50(53(57)58)54(3,4)5)61-52(56)44-42-40-38-36-34-32-30-27-23-21-19-17-15-13-11-9-7-2/h21,23,25-26,49-50H,6-20,22,24,27-48H2,1-5H3/b23-21+,26-25+. The summed E-state index contributed by atoms with van der Waals surface area (Å²) >= 11 is 0. The van der Waals surface area contributed by atoms with E-state index in [-0.39, 0.29) is 42.7 Å². The Morgan fingerprint density at radius 1 is 0.475 bits per heavy atom. The Bertz CT molecular complexity index is 1050. The molecule has 0 bridgehead atoms. The second kappa shape index (κ2) is 44.4. The van der Waals surface area contributed by atoms with Crippen LogP contribution in [0.2, 0.25) is 0 Å². The third-order valence-electron chi connectivity index (χ3n) is 11.8. The van der Waals surface area contributed by atoms with Crippen molar-refractivity contribution in [3.8, 4) is 0 Å². The molecule has 358 valence electrons. The second-order valence-corrected chi connectivity index (χ2v) is 18.8. The van der Waals surface area contributed by atoms with E-state index in [4.69, 9.17) is 14.2 Å². The third kappa shape index (κ3) is 42.9. The zero-order valence-electron chi connectivity index (χ0n) is 40.8. The minimum absolute atomic E-state index is 0.0409. The van der Waals surface area contributed by atoms with Crippen LogP contribution in [0, 0.1) is 0 Å². The normalized spacial score (nSPS) is 13.0. The minimum atomic E-state index is -1.12. The summed E-state index contributed by atoms with van der Waals surface area (Å²) in [4.78, 5) is 37.0. The van der Waals surface area contributed by atoms with Gasteiger partial charge >= 0.3 is 11.9 Å². The van der Waals surface area contributed by atoms with Crippen molar-refractivity contribution in [3.05, 3.63) is 24.3 Å². The Kier molecular flexibility index (Phi) is 42.8. The van der Waals surface area contributed by atoms with Gasteiger partial charge in [-0.05, 0) is 64.2 Å². The van der Waals surface area contributed by atoms with Gasteiger partial charge < -0.3 is 28.6 Å². The predicted molar refractivity (Wildman–Crippen MR) is 254 cm³/mol. The van der Waals surface area contributed by atoms with Crippen LogP contribution in [-0.2, 0) is 28.6 Å². The van der Waals surface area contributed by atoms with Crippen molar-refractivity contribution in [3.63, 3.8) is 0 Å². The average molecular weight is 862 g/mol. The summed E-state index contributed by atoms with van der Waals surface area (Å²) in [5.41, 5.74) is 0. The summed E-state index contributed by atoms with van der Waals surface area (Å²) in [6.45, 7) is 4.68. The first kappa shape index (κ1) is 58.8. The molecule has 0 saturated heterocycles. The van der Waals surface area contributed by atoms with Crippen LogP contribution in [0.5, 0.6) is 0 Å². The molecule has 8 nitrogen and oxygen atoms in total. The van der Waals surface area contributed by atoms with Crippen LogP contribution in [0.15, 0.2) is 24.3 Å². The maximum Gasteiger partial charge on any atom is 0.306 e. The highest BCUT2D eigenvalue weighted by Gasteiger charge is 2.25. The van der Waals surface area contributed by atoms with Gasteiger partial charge in [0, 0.05) is 19.3 Å². The molecule has 0 aliphatic carbocycles. The number of nitrogens with zero attached hydrogens (tertiary/aromatic N) is 1. The van der Waals surface area contributed by atoms with Gasteiger partial charge in [0.25, 0.3) is 0 Å². The molecule has 0 rings (SSSR count). The molecule has 0 amide bonds. The number of hydrogen-bond acceptors (Lipinski definition) is 7. The Morgan fingerprint density at radius 3 is 1.18 bits per heavy atom. The predicted octanol–water partition coefficient (Wildman–Crippen LogP) is 13.5. The zero-order chi connectivity index (χ0) is 44.9. The van der Waals surface area contributed by atoms with Crippen LogP contribution >= 0.6 is 0 Å². The van der Waals surface area contributed by atoms with Crippen molar-refractivity contribution in [2.75, 3.05) is 41.0 Å². The van der Waals surface area contributed by atoms with E-state index in [0.717, 1.165) is 38.5 Å². The van der Waals surface area contributed by atoms with Gasteiger partial charge in [-0.3, -0.25) is 9.59 Å². The van der Waals surface area contributed by atoms with E-state index in [1.54, 1.807) is 21.1 Å². The maximum absolute atomic E-state index is 12.8. The van der Waals surface area contributed by atoms with Gasteiger partial charge in [0.1, 0.15) is 12.6 Å². The van der Waals surface area contributed by atoms with E-state index in [9.17, 15) is 19.5 Å². The molecule has 0 saturated carbocycles. The van der Waals surface area contributed by atoms with Crippen molar-refractivity contribution in [2.24, 2.45) is 0 Å². The molecule has 2 unspecified atom stereocenters. The first-order valence-corrected chi connectivity index (χ1v) is 25.9. The summed E-state index contributed by atoms with van der Waals surface area (Å²) in [6, 6.07) is -0.725. The quantitative estimate of drug-likeness (QED) is 0.0260. The van der Waals surface area contributed by atoms with Crippen molar-refractivity contribution in [1.29, 1.82) is 0 Å². The Labute approximate surface area is 377 Å². The number of ether oxygens (including phenoxy) is 3. The van der Waals surface area contributed by atoms with E-state index < -0.39 is 18.1 Å². The number of carboxylic acids is 1. The van der Waals surface area contributed by atoms with Gasteiger partial charge in [-0.25, -0.2) is 0 Å². The van der Waals surface area contributed by atoms with E-state index >= 15 is 0 Å². The van der Waals surface area contributed by atoms with E-state index in [0.29, 0.717) is 12.8 Å². The van der Waals surface area contributed by atoms with E-state index in [2.05, 4.69) is 38.2 Å². The van der Waals surface area contributed by atoms with Crippen LogP contribution in [0.4, 0.5) is 0 Å². The molecule has 2 atom stereocenters. The largest absolute Gasteiger partial charge is 0.544 e. The molecule has 0 fully saturated rings. The Hall–Kier alpha value is -2.19. The van der Waals surface area contributed by atoms with Gasteiger partial charge in [0.05, 0.1) is 40.3 Å². The molecule has 0 N–H and O–H groups in total. The number of allylic oxidation sites excluding steroid dienone is 4. The minimum Gasteiger partial charge on any atom is -0.544 e. The van der Waals surface area contributed by atoms with E-state index in [1.807, 2.05) is 0 Å². The molecule has 0 aromatic heterocycles. The van der Waals surface area contributed by atoms with Crippen molar-refractivity contribution in [1.82, 2.24) is 0 Å². The highest BCUT2D eigenvalue weighted by Crippen LogP contribution is 2.15. The molecule has 0 aromatic carbocycles. The smallest absolute Gasteiger partial charge is 0.306 e. The molecule has 0 spiro atoms. The Morgan fingerprint density at radius 2 is 0.820 bits per heavy atom. The lowest BCUT2D eigenvalue weighted by molar-refractivity contribution is -0.889. The Balaban J connectivity index is 4.23. The summed E-state index contributed by atoms with van der Waals surface area (Å²) in [5, 5.41) is 11.7. The fraction of sp³-hybridized carbons (Fsp3) is 0.868. The average Bonchev–Trinajstić information content (AvgIpc) is 3.22. The van der Waals surface area contributed by atoms with Crippen LogP contribution < -0.4 is 5.11 Å². The monoisotopic (exact) mass is 862 g/mol.